The molecule has 0 radical (unpaired) electrons. The first kappa shape index (κ1) is 16.2. The van der Waals surface area contributed by atoms with Gasteiger partial charge in [0.1, 0.15) is 15.8 Å². The number of methoxy groups -OCH3 is 1. The number of pyridine rings is 1. The Morgan fingerprint density at radius 2 is 1.86 bits per heavy atom. The molecule has 0 spiro atoms. The van der Waals surface area contributed by atoms with Crippen LogP contribution in [0.25, 0.3) is 0 Å². The molecule has 0 aliphatic heterocycles. The number of benzene rings is 1. The summed E-state index contributed by atoms with van der Waals surface area (Å²) in [6.07, 6.45) is 1.11. The van der Waals surface area contributed by atoms with Crippen molar-refractivity contribution in [2.24, 2.45) is 0 Å². The molecule has 1 N–H and O–H groups in total. The second-order valence-electron chi connectivity index (χ2n) is 3.90. The van der Waals surface area contributed by atoms with Crippen LogP contribution in [-0.2, 0) is 10.0 Å². The third-order valence-corrected chi connectivity index (χ3v) is 4.83. The second-order valence-corrected chi connectivity index (χ2v) is 6.75. The normalized spacial score (nSPS) is 11.2. The third kappa shape index (κ3) is 3.71. The summed E-state index contributed by atoms with van der Waals surface area (Å²) in [6, 6.07) is 5.70. The lowest BCUT2D eigenvalue weighted by Crippen LogP contribution is -2.13. The molecule has 1 aromatic carbocycles. The summed E-state index contributed by atoms with van der Waals surface area (Å²) < 4.78 is 31.8. The number of nitrogens with one attached hydrogen (secondary N) is 1. The van der Waals surface area contributed by atoms with Crippen LogP contribution in [0.2, 0.25) is 15.2 Å². The molecule has 5 nitrogen and oxygen atoms in total. The number of rotatable bonds is 4. The van der Waals surface area contributed by atoms with Crippen molar-refractivity contribution in [3.05, 3.63) is 45.7 Å². The standard InChI is InChI=1S/C12H9Cl3N2O3S/c1-20-11-4-7(2-3-9(11)13)17-21(18,19)8-5-10(14)12(15)16-6-8/h2-6,17H,1H3. The quantitative estimate of drug-likeness (QED) is 0.833. The van der Waals surface area contributed by atoms with E-state index in [0.717, 1.165) is 6.20 Å². The van der Waals surface area contributed by atoms with Gasteiger partial charge in [0, 0.05) is 12.3 Å². The number of hydrogen-bond acceptors (Lipinski definition) is 4. The molecule has 0 aliphatic carbocycles. The minimum atomic E-state index is -3.84. The van der Waals surface area contributed by atoms with Crippen LogP contribution in [0.4, 0.5) is 5.69 Å². The lowest BCUT2D eigenvalue weighted by atomic mass is 10.3. The molecule has 0 unspecified atom stereocenters. The van der Waals surface area contributed by atoms with Crippen molar-refractivity contribution in [1.82, 2.24) is 4.98 Å². The number of hydrogen-bond donors (Lipinski definition) is 1. The van der Waals surface area contributed by atoms with Crippen molar-refractivity contribution in [3.8, 4) is 5.75 Å². The molecule has 0 fully saturated rings. The maximum Gasteiger partial charge on any atom is 0.263 e. The van der Waals surface area contributed by atoms with Crippen LogP contribution >= 0.6 is 34.8 Å². The van der Waals surface area contributed by atoms with Gasteiger partial charge in [-0.2, -0.15) is 0 Å². The lowest BCUT2D eigenvalue weighted by Gasteiger charge is -2.10. The maximum absolute atomic E-state index is 12.2. The molecule has 21 heavy (non-hydrogen) atoms. The first-order chi connectivity index (χ1) is 9.83. The Morgan fingerprint density at radius 1 is 1.14 bits per heavy atom. The van der Waals surface area contributed by atoms with Crippen molar-refractivity contribution >= 4 is 50.5 Å². The number of nitrogens with zero attached hydrogens (tertiary/aromatic N) is 1. The molecule has 112 valence electrons. The molecule has 0 aliphatic rings. The molecule has 1 aromatic heterocycles. The molecule has 0 amide bonds. The largest absolute Gasteiger partial charge is 0.495 e. The predicted molar refractivity (Wildman–Crippen MR) is 83.1 cm³/mol. The lowest BCUT2D eigenvalue weighted by molar-refractivity contribution is 0.415. The van der Waals surface area contributed by atoms with Gasteiger partial charge in [-0.25, -0.2) is 13.4 Å². The van der Waals surface area contributed by atoms with Crippen molar-refractivity contribution in [2.45, 2.75) is 4.90 Å². The Hall–Kier alpha value is -1.21. The van der Waals surface area contributed by atoms with Gasteiger partial charge in [-0.3, -0.25) is 4.72 Å². The first-order valence-electron chi connectivity index (χ1n) is 5.51. The van der Waals surface area contributed by atoms with E-state index >= 15 is 0 Å². The average molecular weight is 368 g/mol. The summed E-state index contributed by atoms with van der Waals surface area (Å²) in [4.78, 5) is 3.60. The summed E-state index contributed by atoms with van der Waals surface area (Å²) in [7, 11) is -2.41. The molecule has 2 rings (SSSR count). The van der Waals surface area contributed by atoms with Crippen molar-refractivity contribution in [2.75, 3.05) is 11.8 Å². The maximum atomic E-state index is 12.2. The SMILES string of the molecule is COc1cc(NS(=O)(=O)c2cnc(Cl)c(Cl)c2)ccc1Cl. The van der Waals surface area contributed by atoms with Crippen molar-refractivity contribution in [3.63, 3.8) is 0 Å². The van der Waals surface area contributed by atoms with Crippen molar-refractivity contribution in [1.29, 1.82) is 0 Å². The Morgan fingerprint density at radius 3 is 2.48 bits per heavy atom. The zero-order chi connectivity index (χ0) is 15.6. The summed E-state index contributed by atoms with van der Waals surface area (Å²) >= 11 is 17.3. The first-order valence-corrected chi connectivity index (χ1v) is 8.12. The summed E-state index contributed by atoms with van der Waals surface area (Å²) in [5.41, 5.74) is 0.294. The van der Waals surface area contributed by atoms with Crippen LogP contribution in [-0.4, -0.2) is 20.5 Å². The smallest absolute Gasteiger partial charge is 0.263 e. The minimum absolute atomic E-state index is 0.0313. The molecule has 0 atom stereocenters. The predicted octanol–water partition coefficient (Wildman–Crippen LogP) is 3.85. The van der Waals surface area contributed by atoms with Crippen molar-refractivity contribution < 1.29 is 13.2 Å². The van der Waals surface area contributed by atoms with E-state index in [1.807, 2.05) is 0 Å². The van der Waals surface area contributed by atoms with Crippen LogP contribution in [0.15, 0.2) is 35.4 Å². The summed E-state index contributed by atoms with van der Waals surface area (Å²) in [6.45, 7) is 0. The Bertz CT molecular complexity index is 781. The Kier molecular flexibility index (Phi) is 4.83. The van der Waals surface area contributed by atoms with Gasteiger partial charge in [0.2, 0.25) is 0 Å². The van der Waals surface area contributed by atoms with Crippen LogP contribution in [0.5, 0.6) is 5.75 Å². The van der Waals surface area contributed by atoms with Crippen LogP contribution in [0.3, 0.4) is 0 Å². The number of sulfonamides is 1. The molecular weight excluding hydrogens is 359 g/mol. The number of ether oxygens (including phenoxy) is 1. The van der Waals surface area contributed by atoms with E-state index < -0.39 is 10.0 Å². The molecule has 0 saturated carbocycles. The van der Waals surface area contributed by atoms with Gasteiger partial charge in [0.25, 0.3) is 10.0 Å². The molecule has 0 saturated heterocycles. The fourth-order valence-electron chi connectivity index (χ4n) is 1.49. The zero-order valence-electron chi connectivity index (χ0n) is 10.6. The molecular formula is C12H9Cl3N2O3S. The van der Waals surface area contributed by atoms with Crippen LogP contribution in [0.1, 0.15) is 0 Å². The van der Waals surface area contributed by atoms with E-state index in [0.29, 0.717) is 16.5 Å². The Labute approximate surface area is 136 Å². The van der Waals surface area contributed by atoms with Crippen LogP contribution in [0, 0.1) is 0 Å². The van der Waals surface area contributed by atoms with E-state index in [2.05, 4.69) is 9.71 Å². The topological polar surface area (TPSA) is 68.3 Å². The van der Waals surface area contributed by atoms with Gasteiger partial charge in [-0.05, 0) is 18.2 Å². The highest BCUT2D eigenvalue weighted by atomic mass is 35.5. The highest BCUT2D eigenvalue weighted by Gasteiger charge is 2.17. The van der Waals surface area contributed by atoms with E-state index in [9.17, 15) is 8.42 Å². The molecule has 2 aromatic rings. The minimum Gasteiger partial charge on any atom is -0.495 e. The number of halogens is 3. The molecule has 9 heteroatoms. The molecule has 1 heterocycles. The average Bonchev–Trinajstić information content (AvgIpc) is 2.43. The van der Waals surface area contributed by atoms with Gasteiger partial charge in [-0.1, -0.05) is 34.8 Å². The highest BCUT2D eigenvalue weighted by molar-refractivity contribution is 7.92. The van der Waals surface area contributed by atoms with E-state index in [1.54, 1.807) is 0 Å². The summed E-state index contributed by atoms with van der Waals surface area (Å²) in [5, 5.41) is 0.452. The van der Waals surface area contributed by atoms with Crippen LogP contribution < -0.4 is 9.46 Å². The fraction of sp³-hybridized carbons (Fsp3) is 0.0833. The third-order valence-electron chi connectivity index (χ3n) is 2.48. The zero-order valence-corrected chi connectivity index (χ0v) is 13.7. The van der Waals surface area contributed by atoms with Gasteiger partial charge in [-0.15, -0.1) is 0 Å². The molecule has 0 bridgehead atoms. The van der Waals surface area contributed by atoms with E-state index in [1.165, 1.54) is 31.4 Å². The second kappa shape index (κ2) is 6.27. The van der Waals surface area contributed by atoms with Gasteiger partial charge < -0.3 is 4.74 Å². The van der Waals surface area contributed by atoms with Gasteiger partial charge in [0.05, 0.1) is 22.8 Å². The van der Waals surface area contributed by atoms with E-state index in [4.69, 9.17) is 39.5 Å². The monoisotopic (exact) mass is 366 g/mol. The fourth-order valence-corrected chi connectivity index (χ4v) is 3.04. The summed E-state index contributed by atoms with van der Waals surface area (Å²) in [5.74, 6) is 0.351. The van der Waals surface area contributed by atoms with Gasteiger partial charge in [0.15, 0.2) is 0 Å². The number of anilines is 1. The Balaban J connectivity index is 2.35. The van der Waals surface area contributed by atoms with E-state index in [-0.39, 0.29) is 15.1 Å². The van der Waals surface area contributed by atoms with Gasteiger partial charge >= 0.3 is 0 Å². The number of aromatic nitrogens is 1. The highest BCUT2D eigenvalue weighted by Crippen LogP contribution is 2.29.